The van der Waals surface area contributed by atoms with Crippen LogP contribution in [0.4, 0.5) is 0 Å². The zero-order chi connectivity index (χ0) is 13.0. The highest BCUT2D eigenvalue weighted by molar-refractivity contribution is 9.10. The Morgan fingerprint density at radius 2 is 2.22 bits per heavy atom. The van der Waals surface area contributed by atoms with Crippen LogP contribution in [0.5, 0.6) is 5.75 Å². The lowest BCUT2D eigenvalue weighted by Crippen LogP contribution is -1.93. The van der Waals surface area contributed by atoms with E-state index in [9.17, 15) is 4.79 Å². The molecule has 0 spiro atoms. The fourth-order valence-corrected chi connectivity index (χ4v) is 2.09. The molecule has 0 saturated heterocycles. The summed E-state index contributed by atoms with van der Waals surface area (Å²) >= 11 is 3.40. The number of hydrogen-bond acceptors (Lipinski definition) is 2. The number of halogens is 1. The van der Waals surface area contributed by atoms with E-state index < -0.39 is 0 Å². The van der Waals surface area contributed by atoms with Crippen molar-refractivity contribution in [1.82, 2.24) is 4.98 Å². The number of nitrogens with one attached hydrogen (secondary N) is 1. The van der Waals surface area contributed by atoms with Crippen molar-refractivity contribution in [2.75, 3.05) is 7.11 Å². The topological polar surface area (TPSA) is 42.1 Å². The molecule has 18 heavy (non-hydrogen) atoms. The Morgan fingerprint density at radius 1 is 1.39 bits per heavy atom. The molecular formula is C14H12BrNO2. The van der Waals surface area contributed by atoms with E-state index in [-0.39, 0.29) is 5.78 Å². The summed E-state index contributed by atoms with van der Waals surface area (Å²) in [5, 5.41) is 0. The molecule has 1 N–H and O–H groups in total. The zero-order valence-electron chi connectivity index (χ0n) is 9.81. The first-order chi connectivity index (χ1) is 8.70. The molecular weight excluding hydrogens is 294 g/mol. The lowest BCUT2D eigenvalue weighted by atomic mass is 10.1. The molecule has 1 aromatic heterocycles. The molecule has 0 aliphatic rings. The van der Waals surface area contributed by atoms with Gasteiger partial charge in [0.25, 0.3) is 0 Å². The average molecular weight is 306 g/mol. The van der Waals surface area contributed by atoms with E-state index in [1.807, 2.05) is 18.2 Å². The second-order valence-electron chi connectivity index (χ2n) is 3.68. The molecule has 92 valence electrons. The normalized spacial score (nSPS) is 10.8. The Labute approximate surface area is 114 Å². The molecule has 1 aromatic carbocycles. The predicted molar refractivity (Wildman–Crippen MR) is 74.9 cm³/mol. The molecule has 0 unspecified atom stereocenters. The Morgan fingerprint density at radius 3 is 2.83 bits per heavy atom. The van der Waals surface area contributed by atoms with Crippen molar-refractivity contribution in [3.63, 3.8) is 0 Å². The number of allylic oxidation sites excluding steroid dienone is 1. The van der Waals surface area contributed by atoms with Gasteiger partial charge in [-0.25, -0.2) is 0 Å². The van der Waals surface area contributed by atoms with E-state index in [4.69, 9.17) is 4.74 Å². The van der Waals surface area contributed by atoms with Gasteiger partial charge < -0.3 is 9.72 Å². The Kier molecular flexibility index (Phi) is 3.99. The summed E-state index contributed by atoms with van der Waals surface area (Å²) in [6, 6.07) is 9.18. The summed E-state index contributed by atoms with van der Waals surface area (Å²) in [5.41, 5.74) is 1.52. The summed E-state index contributed by atoms with van der Waals surface area (Å²) in [5.74, 6) is 0.717. The van der Waals surface area contributed by atoms with Gasteiger partial charge in [0.1, 0.15) is 5.75 Å². The third-order valence-corrected chi connectivity index (χ3v) is 3.09. The molecule has 0 amide bonds. The number of hydrogen-bond donors (Lipinski definition) is 1. The number of ketones is 1. The maximum absolute atomic E-state index is 11.7. The molecule has 0 aliphatic heterocycles. The fourth-order valence-electron chi connectivity index (χ4n) is 1.53. The maximum Gasteiger partial charge on any atom is 0.201 e. The van der Waals surface area contributed by atoms with Gasteiger partial charge in [0, 0.05) is 6.20 Å². The van der Waals surface area contributed by atoms with E-state index in [0.717, 1.165) is 15.8 Å². The van der Waals surface area contributed by atoms with E-state index in [1.54, 1.807) is 37.6 Å². The average Bonchev–Trinajstić information content (AvgIpc) is 2.90. The van der Waals surface area contributed by atoms with Crippen LogP contribution in [0.25, 0.3) is 6.08 Å². The van der Waals surface area contributed by atoms with E-state index in [2.05, 4.69) is 20.9 Å². The number of rotatable bonds is 4. The van der Waals surface area contributed by atoms with Crippen LogP contribution in [0.15, 0.2) is 47.1 Å². The minimum absolute atomic E-state index is 0.0491. The van der Waals surface area contributed by atoms with Crippen LogP contribution < -0.4 is 4.74 Å². The van der Waals surface area contributed by atoms with Gasteiger partial charge in [-0.1, -0.05) is 12.1 Å². The summed E-state index contributed by atoms with van der Waals surface area (Å²) in [4.78, 5) is 14.6. The third-order valence-electron chi connectivity index (χ3n) is 2.47. The van der Waals surface area contributed by atoms with Gasteiger partial charge in [-0.3, -0.25) is 4.79 Å². The highest BCUT2D eigenvalue weighted by Crippen LogP contribution is 2.25. The lowest BCUT2D eigenvalue weighted by Gasteiger charge is -2.03. The molecule has 0 saturated carbocycles. The van der Waals surface area contributed by atoms with Crippen molar-refractivity contribution in [2.24, 2.45) is 0 Å². The lowest BCUT2D eigenvalue weighted by molar-refractivity contribution is 0.104. The van der Waals surface area contributed by atoms with Crippen molar-refractivity contribution >= 4 is 27.8 Å². The van der Waals surface area contributed by atoms with Crippen molar-refractivity contribution < 1.29 is 9.53 Å². The van der Waals surface area contributed by atoms with Gasteiger partial charge in [-0.05, 0) is 51.8 Å². The summed E-state index contributed by atoms with van der Waals surface area (Å²) in [6.07, 6.45) is 5.04. The highest BCUT2D eigenvalue weighted by atomic mass is 79.9. The molecule has 0 aliphatic carbocycles. The van der Waals surface area contributed by atoms with Gasteiger partial charge in [0.15, 0.2) is 0 Å². The number of aromatic nitrogens is 1. The van der Waals surface area contributed by atoms with Gasteiger partial charge in [0.2, 0.25) is 5.78 Å². The second-order valence-corrected chi connectivity index (χ2v) is 4.53. The highest BCUT2D eigenvalue weighted by Gasteiger charge is 2.02. The minimum atomic E-state index is -0.0491. The van der Waals surface area contributed by atoms with E-state index in [1.165, 1.54) is 0 Å². The number of benzene rings is 1. The molecule has 4 heteroatoms. The van der Waals surface area contributed by atoms with Crippen LogP contribution >= 0.6 is 15.9 Å². The fraction of sp³-hybridized carbons (Fsp3) is 0.0714. The Hall–Kier alpha value is -1.81. The molecule has 0 fully saturated rings. The van der Waals surface area contributed by atoms with Gasteiger partial charge >= 0.3 is 0 Å². The van der Waals surface area contributed by atoms with Crippen LogP contribution in [0.2, 0.25) is 0 Å². The molecule has 3 nitrogen and oxygen atoms in total. The summed E-state index contributed by atoms with van der Waals surface area (Å²) < 4.78 is 6.00. The minimum Gasteiger partial charge on any atom is -0.496 e. The smallest absolute Gasteiger partial charge is 0.201 e. The molecule has 2 rings (SSSR count). The Balaban J connectivity index is 2.14. The van der Waals surface area contributed by atoms with Gasteiger partial charge in [0.05, 0.1) is 17.3 Å². The third kappa shape index (κ3) is 2.90. The monoisotopic (exact) mass is 305 g/mol. The standard InChI is InChI=1S/C14H12BrNO2/c1-18-14-7-5-10(9-11(14)15)4-6-13(17)12-3-2-8-16-12/h2-9,16H,1H3/b6-4+. The number of H-pyrrole nitrogens is 1. The van der Waals surface area contributed by atoms with E-state index >= 15 is 0 Å². The van der Waals surface area contributed by atoms with Crippen LogP contribution in [0.3, 0.4) is 0 Å². The summed E-state index contributed by atoms with van der Waals surface area (Å²) in [7, 11) is 1.62. The number of carbonyl (C=O) groups is 1. The molecule has 2 aromatic rings. The van der Waals surface area contributed by atoms with Crippen LogP contribution in [-0.2, 0) is 0 Å². The van der Waals surface area contributed by atoms with Crippen molar-refractivity contribution in [3.05, 3.63) is 58.3 Å². The van der Waals surface area contributed by atoms with Gasteiger partial charge in [-0.2, -0.15) is 0 Å². The van der Waals surface area contributed by atoms with Gasteiger partial charge in [-0.15, -0.1) is 0 Å². The van der Waals surface area contributed by atoms with Crippen LogP contribution in [0, 0.1) is 0 Å². The number of ether oxygens (including phenoxy) is 1. The first-order valence-electron chi connectivity index (χ1n) is 5.40. The van der Waals surface area contributed by atoms with E-state index in [0.29, 0.717) is 5.69 Å². The largest absolute Gasteiger partial charge is 0.496 e. The van der Waals surface area contributed by atoms with Crippen LogP contribution in [0.1, 0.15) is 16.1 Å². The number of methoxy groups -OCH3 is 1. The molecule has 0 radical (unpaired) electrons. The number of carbonyl (C=O) groups excluding carboxylic acids is 1. The van der Waals surface area contributed by atoms with Crippen LogP contribution in [-0.4, -0.2) is 17.9 Å². The van der Waals surface area contributed by atoms with Crippen molar-refractivity contribution in [3.8, 4) is 5.75 Å². The SMILES string of the molecule is COc1ccc(/C=C/C(=O)c2ccc[nH]2)cc1Br. The first kappa shape index (κ1) is 12.6. The molecule has 1 heterocycles. The second kappa shape index (κ2) is 5.69. The Bertz CT molecular complexity index is 573. The maximum atomic E-state index is 11.7. The predicted octanol–water partition coefficient (Wildman–Crippen LogP) is 3.68. The zero-order valence-corrected chi connectivity index (χ0v) is 11.4. The summed E-state index contributed by atoms with van der Waals surface area (Å²) in [6.45, 7) is 0. The molecule has 0 bridgehead atoms. The number of aromatic amines is 1. The first-order valence-corrected chi connectivity index (χ1v) is 6.19. The quantitative estimate of drug-likeness (QED) is 0.691. The van der Waals surface area contributed by atoms with Crippen molar-refractivity contribution in [1.29, 1.82) is 0 Å². The molecule has 0 atom stereocenters. The van der Waals surface area contributed by atoms with Crippen molar-refractivity contribution in [2.45, 2.75) is 0 Å².